The molecule has 1 aliphatic heterocycles. The van der Waals surface area contributed by atoms with Gasteiger partial charge in [-0.25, -0.2) is 4.79 Å². The van der Waals surface area contributed by atoms with E-state index in [1.54, 1.807) is 0 Å². The predicted molar refractivity (Wildman–Crippen MR) is 55.1 cm³/mol. The molecule has 5 heteroatoms. The summed E-state index contributed by atoms with van der Waals surface area (Å²) in [7, 11) is 0. The van der Waals surface area contributed by atoms with Crippen molar-refractivity contribution in [3.63, 3.8) is 0 Å². The summed E-state index contributed by atoms with van der Waals surface area (Å²) in [5.74, 6) is 0.112. The molecule has 0 aromatic rings. The van der Waals surface area contributed by atoms with Gasteiger partial charge in [0, 0.05) is 6.61 Å². The van der Waals surface area contributed by atoms with Crippen molar-refractivity contribution >= 4 is 6.03 Å². The predicted octanol–water partition coefficient (Wildman–Crippen LogP) is 0.623. The number of nitrogens with one attached hydrogen (secondary N) is 2. The molecule has 1 aliphatic rings. The molecule has 0 spiro atoms. The molecule has 0 saturated carbocycles. The molecule has 84 valence electrons. The first-order valence-corrected chi connectivity index (χ1v) is 5.18. The number of carbonyl (C=O) groups excluding carboxylic acids is 1. The molecule has 2 atom stereocenters. The van der Waals surface area contributed by atoms with E-state index in [1.807, 2.05) is 13.8 Å². The van der Waals surface area contributed by atoms with Gasteiger partial charge < -0.3 is 15.4 Å². The summed E-state index contributed by atoms with van der Waals surface area (Å²) < 4.78 is 5.13. The number of urea groups is 1. The van der Waals surface area contributed by atoms with E-state index in [1.165, 1.54) is 0 Å². The van der Waals surface area contributed by atoms with Gasteiger partial charge in [0.2, 0.25) is 0 Å². The van der Waals surface area contributed by atoms with Crippen molar-refractivity contribution in [3.05, 3.63) is 0 Å². The first-order valence-electron chi connectivity index (χ1n) is 5.18. The third-order valence-corrected chi connectivity index (χ3v) is 2.36. The quantitative estimate of drug-likeness (QED) is 0.718. The van der Waals surface area contributed by atoms with Crippen LogP contribution in [-0.4, -0.2) is 31.3 Å². The Labute approximate surface area is 89.8 Å². The van der Waals surface area contributed by atoms with Gasteiger partial charge in [0.25, 0.3) is 0 Å². The zero-order valence-electron chi connectivity index (χ0n) is 9.12. The Bertz CT molecular complexity index is 254. The third kappa shape index (κ3) is 3.76. The maximum absolute atomic E-state index is 11.4. The minimum absolute atomic E-state index is 0.0801. The average Bonchev–Trinajstić information content (AvgIpc) is 2.66. The van der Waals surface area contributed by atoms with Crippen molar-refractivity contribution in [3.8, 4) is 6.07 Å². The maximum Gasteiger partial charge on any atom is 0.316 e. The molecule has 0 radical (unpaired) electrons. The molecule has 1 rings (SSSR count). The topological polar surface area (TPSA) is 74.2 Å². The van der Waals surface area contributed by atoms with Crippen LogP contribution in [0.25, 0.3) is 0 Å². The Kier molecular flexibility index (Phi) is 4.37. The van der Waals surface area contributed by atoms with Gasteiger partial charge in [-0.1, -0.05) is 13.8 Å². The van der Waals surface area contributed by atoms with E-state index in [0.29, 0.717) is 13.2 Å². The zero-order valence-corrected chi connectivity index (χ0v) is 9.12. The number of hydrogen-bond donors (Lipinski definition) is 2. The van der Waals surface area contributed by atoms with Gasteiger partial charge >= 0.3 is 6.03 Å². The molecule has 2 N–H and O–H groups in total. The number of rotatable bonds is 3. The molecule has 5 nitrogen and oxygen atoms in total. The monoisotopic (exact) mass is 211 g/mol. The molecule has 1 fully saturated rings. The Balaban J connectivity index is 2.31. The van der Waals surface area contributed by atoms with E-state index in [-0.39, 0.29) is 18.0 Å². The molecule has 2 amide bonds. The highest BCUT2D eigenvalue weighted by molar-refractivity contribution is 5.75. The molecule has 15 heavy (non-hydrogen) atoms. The van der Waals surface area contributed by atoms with Crippen molar-refractivity contribution in [1.82, 2.24) is 10.6 Å². The second kappa shape index (κ2) is 5.56. The highest BCUT2D eigenvalue weighted by Crippen LogP contribution is 2.04. The van der Waals surface area contributed by atoms with Gasteiger partial charge in [-0.15, -0.1) is 0 Å². The summed E-state index contributed by atoms with van der Waals surface area (Å²) in [4.78, 5) is 11.4. The Morgan fingerprint density at radius 1 is 1.60 bits per heavy atom. The first-order chi connectivity index (χ1) is 7.13. The SMILES string of the molecule is CC(C)C(C#N)NC(=O)NC1CCOC1. The molecular weight excluding hydrogens is 194 g/mol. The number of ether oxygens (including phenoxy) is 1. The Morgan fingerprint density at radius 2 is 2.33 bits per heavy atom. The van der Waals surface area contributed by atoms with Crippen LogP contribution in [0.4, 0.5) is 4.79 Å². The smallest absolute Gasteiger partial charge is 0.316 e. The van der Waals surface area contributed by atoms with Crippen LogP contribution in [-0.2, 0) is 4.74 Å². The molecule has 0 aromatic heterocycles. The summed E-state index contributed by atoms with van der Waals surface area (Å²) in [6.07, 6.45) is 0.840. The highest BCUT2D eigenvalue weighted by atomic mass is 16.5. The average molecular weight is 211 g/mol. The van der Waals surface area contributed by atoms with Crippen LogP contribution in [0, 0.1) is 17.2 Å². The largest absolute Gasteiger partial charge is 0.379 e. The van der Waals surface area contributed by atoms with Crippen LogP contribution in [0.3, 0.4) is 0 Å². The van der Waals surface area contributed by atoms with Crippen molar-refractivity contribution < 1.29 is 9.53 Å². The van der Waals surface area contributed by atoms with Crippen LogP contribution >= 0.6 is 0 Å². The molecule has 0 bridgehead atoms. The van der Waals surface area contributed by atoms with Crippen LogP contribution in [0.15, 0.2) is 0 Å². The molecular formula is C10H17N3O2. The lowest BCUT2D eigenvalue weighted by atomic mass is 10.1. The summed E-state index contributed by atoms with van der Waals surface area (Å²) in [6, 6.07) is 1.41. The van der Waals surface area contributed by atoms with Crippen molar-refractivity contribution in [2.24, 2.45) is 5.92 Å². The van der Waals surface area contributed by atoms with E-state index in [0.717, 1.165) is 6.42 Å². The second-order valence-corrected chi connectivity index (χ2v) is 4.03. The minimum atomic E-state index is -0.438. The van der Waals surface area contributed by atoms with Crippen molar-refractivity contribution in [2.45, 2.75) is 32.4 Å². The van der Waals surface area contributed by atoms with E-state index >= 15 is 0 Å². The Hall–Kier alpha value is -1.28. The lowest BCUT2D eigenvalue weighted by molar-refractivity contribution is 0.188. The van der Waals surface area contributed by atoms with E-state index in [9.17, 15) is 4.79 Å². The van der Waals surface area contributed by atoms with E-state index in [2.05, 4.69) is 16.7 Å². The lowest BCUT2D eigenvalue weighted by Gasteiger charge is -2.17. The van der Waals surface area contributed by atoms with Crippen LogP contribution in [0.2, 0.25) is 0 Å². The standard InChI is InChI=1S/C10H17N3O2/c1-7(2)9(5-11)13-10(14)12-8-3-4-15-6-8/h7-9H,3-4,6H2,1-2H3,(H2,12,13,14). The van der Waals surface area contributed by atoms with Gasteiger partial charge in [-0.05, 0) is 12.3 Å². The molecule has 0 aromatic carbocycles. The fourth-order valence-corrected chi connectivity index (χ4v) is 1.36. The zero-order chi connectivity index (χ0) is 11.3. The summed E-state index contributed by atoms with van der Waals surface area (Å²) in [5.41, 5.74) is 0. The third-order valence-electron chi connectivity index (χ3n) is 2.36. The minimum Gasteiger partial charge on any atom is -0.379 e. The highest BCUT2D eigenvalue weighted by Gasteiger charge is 2.20. The summed E-state index contributed by atoms with van der Waals surface area (Å²) in [6.45, 7) is 5.04. The van der Waals surface area contributed by atoms with Crippen molar-refractivity contribution in [2.75, 3.05) is 13.2 Å². The Morgan fingerprint density at radius 3 is 2.80 bits per heavy atom. The first kappa shape index (κ1) is 11.8. The van der Waals surface area contributed by atoms with Crippen LogP contribution < -0.4 is 10.6 Å². The molecule has 1 heterocycles. The second-order valence-electron chi connectivity index (χ2n) is 4.03. The van der Waals surface area contributed by atoms with Crippen LogP contribution in [0.1, 0.15) is 20.3 Å². The fraction of sp³-hybridized carbons (Fsp3) is 0.800. The summed E-state index contributed by atoms with van der Waals surface area (Å²) >= 11 is 0. The fourth-order valence-electron chi connectivity index (χ4n) is 1.36. The van der Waals surface area contributed by atoms with Crippen LogP contribution in [0.5, 0.6) is 0 Å². The lowest BCUT2D eigenvalue weighted by Crippen LogP contribution is -2.47. The maximum atomic E-state index is 11.4. The number of nitrogens with zero attached hydrogens (tertiary/aromatic N) is 1. The number of hydrogen-bond acceptors (Lipinski definition) is 3. The normalized spacial score (nSPS) is 22.1. The number of nitriles is 1. The summed E-state index contributed by atoms with van der Waals surface area (Å²) in [5, 5.41) is 14.2. The van der Waals surface area contributed by atoms with Gasteiger partial charge in [0.15, 0.2) is 0 Å². The van der Waals surface area contributed by atoms with E-state index < -0.39 is 6.04 Å². The molecule has 1 saturated heterocycles. The molecule has 0 aliphatic carbocycles. The number of carbonyl (C=O) groups is 1. The van der Waals surface area contributed by atoms with Gasteiger partial charge in [-0.2, -0.15) is 5.26 Å². The van der Waals surface area contributed by atoms with Gasteiger partial charge in [-0.3, -0.25) is 0 Å². The molecule has 2 unspecified atom stereocenters. The number of amides is 2. The van der Waals surface area contributed by atoms with Crippen molar-refractivity contribution in [1.29, 1.82) is 5.26 Å². The van der Waals surface area contributed by atoms with Gasteiger partial charge in [0.1, 0.15) is 6.04 Å². The van der Waals surface area contributed by atoms with Gasteiger partial charge in [0.05, 0.1) is 18.7 Å². The van der Waals surface area contributed by atoms with E-state index in [4.69, 9.17) is 10.00 Å².